The first kappa shape index (κ1) is 16.7. The molecule has 2 rings (SSSR count). The minimum absolute atomic E-state index is 0.390. The molecule has 0 radical (unpaired) electrons. The van der Waals surface area contributed by atoms with E-state index in [1.54, 1.807) is 13.8 Å². The van der Waals surface area contributed by atoms with E-state index in [4.69, 9.17) is 0 Å². The monoisotopic (exact) mass is 317 g/mol. The Hall–Kier alpha value is -2.70. The Morgan fingerprint density at radius 2 is 1.74 bits per heavy atom. The molecule has 1 aliphatic rings. The third kappa shape index (κ3) is 3.74. The van der Waals surface area contributed by atoms with Crippen molar-refractivity contribution in [3.63, 3.8) is 0 Å². The molecule has 7 nitrogen and oxygen atoms in total. The van der Waals surface area contributed by atoms with Gasteiger partial charge < -0.3 is 5.32 Å². The van der Waals surface area contributed by atoms with Crippen molar-refractivity contribution >= 4 is 23.8 Å². The van der Waals surface area contributed by atoms with E-state index in [9.17, 15) is 19.2 Å². The standard InChI is InChI=1S/C16H19N3O4/c1-11(2)19-15(22)14(21)18(16(19)23)10-13(20)17-9-8-12-6-4-3-5-7-12/h3-7,11H,8-10H2,1-2H3,(H,17,20). The van der Waals surface area contributed by atoms with Crippen LogP contribution in [-0.2, 0) is 20.8 Å². The van der Waals surface area contributed by atoms with Crippen LogP contribution < -0.4 is 5.32 Å². The Kier molecular flexibility index (Phi) is 5.10. The second kappa shape index (κ2) is 7.04. The number of nitrogens with one attached hydrogen (secondary N) is 1. The van der Waals surface area contributed by atoms with E-state index in [-0.39, 0.29) is 0 Å². The number of nitrogens with zero attached hydrogens (tertiary/aromatic N) is 2. The summed E-state index contributed by atoms with van der Waals surface area (Å²) in [7, 11) is 0. The Bertz CT molecular complexity index is 627. The third-order valence-corrected chi connectivity index (χ3v) is 3.48. The molecular formula is C16H19N3O4. The highest BCUT2D eigenvalue weighted by molar-refractivity contribution is 6.45. The molecule has 0 aliphatic carbocycles. The molecule has 1 aromatic rings. The summed E-state index contributed by atoms with van der Waals surface area (Å²) >= 11 is 0. The number of carbonyl (C=O) groups excluding carboxylic acids is 4. The van der Waals surface area contributed by atoms with E-state index < -0.39 is 36.3 Å². The van der Waals surface area contributed by atoms with Crippen LogP contribution in [0.5, 0.6) is 0 Å². The van der Waals surface area contributed by atoms with E-state index in [1.807, 2.05) is 30.3 Å². The van der Waals surface area contributed by atoms with Gasteiger partial charge in [-0.15, -0.1) is 0 Å². The largest absolute Gasteiger partial charge is 0.354 e. The molecule has 0 saturated carbocycles. The summed E-state index contributed by atoms with van der Waals surface area (Å²) in [6.45, 7) is 3.21. The maximum Gasteiger partial charge on any atom is 0.334 e. The number of imide groups is 2. The van der Waals surface area contributed by atoms with Crippen molar-refractivity contribution in [2.24, 2.45) is 0 Å². The van der Waals surface area contributed by atoms with Crippen LogP contribution in [0.15, 0.2) is 30.3 Å². The lowest BCUT2D eigenvalue weighted by atomic mass is 10.1. The van der Waals surface area contributed by atoms with Gasteiger partial charge >= 0.3 is 17.8 Å². The van der Waals surface area contributed by atoms with Crippen LogP contribution in [0.4, 0.5) is 4.79 Å². The van der Waals surface area contributed by atoms with Gasteiger partial charge in [-0.1, -0.05) is 30.3 Å². The molecule has 0 unspecified atom stereocenters. The molecule has 1 aliphatic heterocycles. The van der Waals surface area contributed by atoms with Gasteiger partial charge in [-0.3, -0.25) is 19.3 Å². The number of urea groups is 1. The van der Waals surface area contributed by atoms with Crippen molar-refractivity contribution < 1.29 is 19.2 Å². The quantitative estimate of drug-likeness (QED) is 0.613. The van der Waals surface area contributed by atoms with Crippen LogP contribution >= 0.6 is 0 Å². The Balaban J connectivity index is 1.86. The molecule has 7 heteroatoms. The van der Waals surface area contributed by atoms with Gasteiger partial charge in [0.2, 0.25) is 5.91 Å². The summed E-state index contributed by atoms with van der Waals surface area (Å²) in [5.74, 6) is -2.31. The van der Waals surface area contributed by atoms with Crippen LogP contribution in [0.3, 0.4) is 0 Å². The van der Waals surface area contributed by atoms with Gasteiger partial charge in [0, 0.05) is 12.6 Å². The lowest BCUT2D eigenvalue weighted by molar-refractivity contribution is -0.144. The normalized spacial score (nSPS) is 14.8. The molecule has 1 fully saturated rings. The second-order valence-corrected chi connectivity index (χ2v) is 5.53. The van der Waals surface area contributed by atoms with Crippen molar-refractivity contribution in [1.82, 2.24) is 15.1 Å². The van der Waals surface area contributed by atoms with Crippen LogP contribution in [0.25, 0.3) is 0 Å². The zero-order valence-corrected chi connectivity index (χ0v) is 13.1. The van der Waals surface area contributed by atoms with Gasteiger partial charge in [0.05, 0.1) is 0 Å². The summed E-state index contributed by atoms with van der Waals surface area (Å²) in [6, 6.07) is 8.44. The van der Waals surface area contributed by atoms with Crippen LogP contribution in [0, 0.1) is 0 Å². The molecule has 5 amide bonds. The van der Waals surface area contributed by atoms with Gasteiger partial charge in [-0.25, -0.2) is 9.69 Å². The maximum atomic E-state index is 12.0. The van der Waals surface area contributed by atoms with Gasteiger partial charge in [0.1, 0.15) is 6.54 Å². The fourth-order valence-electron chi connectivity index (χ4n) is 2.31. The minimum Gasteiger partial charge on any atom is -0.354 e. The lowest BCUT2D eigenvalue weighted by Gasteiger charge is -2.18. The van der Waals surface area contributed by atoms with Gasteiger partial charge in [0.15, 0.2) is 0 Å². The number of benzene rings is 1. The highest BCUT2D eigenvalue weighted by Gasteiger charge is 2.46. The predicted molar refractivity (Wildman–Crippen MR) is 82.2 cm³/mol. The molecule has 0 bridgehead atoms. The predicted octanol–water partition coefficient (Wildman–Crippen LogP) is 0.545. The van der Waals surface area contributed by atoms with Crippen molar-refractivity contribution in [1.29, 1.82) is 0 Å². The first-order valence-electron chi connectivity index (χ1n) is 7.41. The molecule has 1 N–H and O–H groups in total. The first-order valence-corrected chi connectivity index (χ1v) is 7.41. The van der Waals surface area contributed by atoms with E-state index in [2.05, 4.69) is 5.32 Å². The van der Waals surface area contributed by atoms with E-state index >= 15 is 0 Å². The van der Waals surface area contributed by atoms with E-state index in [1.165, 1.54) is 0 Å². The van der Waals surface area contributed by atoms with Crippen molar-refractivity contribution in [2.45, 2.75) is 26.3 Å². The van der Waals surface area contributed by atoms with Crippen LogP contribution in [-0.4, -0.2) is 52.7 Å². The molecule has 0 atom stereocenters. The van der Waals surface area contributed by atoms with Gasteiger partial charge in [0.25, 0.3) is 0 Å². The molecular weight excluding hydrogens is 298 g/mol. The summed E-state index contributed by atoms with van der Waals surface area (Å²) in [4.78, 5) is 49.0. The molecule has 122 valence electrons. The third-order valence-electron chi connectivity index (χ3n) is 3.48. The summed E-state index contributed by atoms with van der Waals surface area (Å²) < 4.78 is 0. The Labute approximate surface area is 134 Å². The van der Waals surface area contributed by atoms with Crippen LogP contribution in [0.2, 0.25) is 0 Å². The molecule has 1 heterocycles. The minimum atomic E-state index is -0.957. The number of hydrogen-bond donors (Lipinski definition) is 1. The van der Waals surface area contributed by atoms with Crippen LogP contribution in [0.1, 0.15) is 19.4 Å². The van der Waals surface area contributed by atoms with Gasteiger partial charge in [-0.2, -0.15) is 0 Å². The molecule has 1 aromatic carbocycles. The van der Waals surface area contributed by atoms with Crippen molar-refractivity contribution in [3.8, 4) is 0 Å². The number of rotatable bonds is 6. The second-order valence-electron chi connectivity index (χ2n) is 5.53. The number of carbonyl (C=O) groups is 4. The van der Waals surface area contributed by atoms with Crippen molar-refractivity contribution in [2.75, 3.05) is 13.1 Å². The molecule has 0 spiro atoms. The van der Waals surface area contributed by atoms with Crippen molar-refractivity contribution in [3.05, 3.63) is 35.9 Å². The SMILES string of the molecule is CC(C)N1C(=O)C(=O)N(CC(=O)NCCc2ccccc2)C1=O. The van der Waals surface area contributed by atoms with Gasteiger partial charge in [-0.05, 0) is 25.8 Å². The maximum absolute atomic E-state index is 12.0. The Morgan fingerprint density at radius 1 is 1.09 bits per heavy atom. The highest BCUT2D eigenvalue weighted by atomic mass is 16.2. The average Bonchev–Trinajstić information content (AvgIpc) is 2.72. The summed E-state index contributed by atoms with van der Waals surface area (Å²) in [5, 5.41) is 2.64. The topological polar surface area (TPSA) is 86.8 Å². The lowest BCUT2D eigenvalue weighted by Crippen LogP contribution is -2.42. The fourth-order valence-corrected chi connectivity index (χ4v) is 2.31. The zero-order valence-electron chi connectivity index (χ0n) is 13.1. The summed E-state index contributed by atoms with van der Waals surface area (Å²) in [5.41, 5.74) is 1.07. The highest BCUT2D eigenvalue weighted by Crippen LogP contribution is 2.14. The van der Waals surface area contributed by atoms with E-state index in [0.717, 1.165) is 10.5 Å². The smallest absolute Gasteiger partial charge is 0.334 e. The average molecular weight is 317 g/mol. The number of amides is 5. The first-order chi connectivity index (χ1) is 10.9. The molecule has 0 aromatic heterocycles. The summed E-state index contributed by atoms with van der Waals surface area (Å²) in [6.07, 6.45) is 0.644. The number of hydrogen-bond acceptors (Lipinski definition) is 4. The zero-order chi connectivity index (χ0) is 17.0. The fraction of sp³-hybridized carbons (Fsp3) is 0.375. The molecule has 1 saturated heterocycles. The van der Waals surface area contributed by atoms with E-state index in [0.29, 0.717) is 17.9 Å². The Morgan fingerprint density at radius 3 is 2.30 bits per heavy atom. The molecule has 23 heavy (non-hydrogen) atoms.